The highest BCUT2D eigenvalue weighted by Gasteiger charge is 2.16. The molecular weight excluding hydrogens is 314 g/mol. The SMILES string of the molecule is CN(CCc1ccncc1)C(=O)c1cnc(NC2CCCCC2)cn1. The van der Waals surface area contributed by atoms with Crippen molar-refractivity contribution in [2.24, 2.45) is 0 Å². The van der Waals surface area contributed by atoms with Crippen LogP contribution in [0.2, 0.25) is 0 Å². The average Bonchev–Trinajstić information content (AvgIpc) is 2.68. The third-order valence-corrected chi connectivity index (χ3v) is 4.66. The minimum atomic E-state index is -0.106. The van der Waals surface area contributed by atoms with Crippen LogP contribution >= 0.6 is 0 Å². The zero-order valence-electron chi connectivity index (χ0n) is 14.7. The smallest absolute Gasteiger partial charge is 0.273 e. The number of hydrogen-bond acceptors (Lipinski definition) is 5. The molecule has 2 aromatic heterocycles. The van der Waals surface area contributed by atoms with Crippen molar-refractivity contribution in [3.63, 3.8) is 0 Å². The van der Waals surface area contributed by atoms with E-state index in [2.05, 4.69) is 20.3 Å². The molecule has 132 valence electrons. The molecule has 0 aliphatic heterocycles. The normalized spacial score (nSPS) is 14.9. The number of amides is 1. The van der Waals surface area contributed by atoms with E-state index >= 15 is 0 Å². The van der Waals surface area contributed by atoms with Crippen molar-refractivity contribution in [1.29, 1.82) is 0 Å². The molecule has 0 radical (unpaired) electrons. The lowest BCUT2D eigenvalue weighted by Crippen LogP contribution is -2.30. The van der Waals surface area contributed by atoms with Gasteiger partial charge >= 0.3 is 0 Å². The second-order valence-corrected chi connectivity index (χ2v) is 6.60. The summed E-state index contributed by atoms with van der Waals surface area (Å²) in [6.45, 7) is 0.632. The molecule has 0 aromatic carbocycles. The van der Waals surface area contributed by atoms with Gasteiger partial charge < -0.3 is 10.2 Å². The van der Waals surface area contributed by atoms with Gasteiger partial charge in [0, 0.05) is 32.0 Å². The Kier molecular flexibility index (Phi) is 5.93. The first kappa shape index (κ1) is 17.3. The molecule has 3 rings (SSSR count). The van der Waals surface area contributed by atoms with E-state index in [1.165, 1.54) is 32.1 Å². The van der Waals surface area contributed by atoms with Crippen molar-refractivity contribution >= 4 is 11.7 Å². The fourth-order valence-electron chi connectivity index (χ4n) is 3.11. The first-order valence-electron chi connectivity index (χ1n) is 8.95. The van der Waals surface area contributed by atoms with Crippen molar-refractivity contribution in [3.8, 4) is 0 Å². The predicted molar refractivity (Wildman–Crippen MR) is 97.4 cm³/mol. The summed E-state index contributed by atoms with van der Waals surface area (Å²) >= 11 is 0. The molecule has 0 unspecified atom stereocenters. The molecule has 1 aliphatic rings. The van der Waals surface area contributed by atoms with Gasteiger partial charge in [-0.25, -0.2) is 9.97 Å². The fourth-order valence-corrected chi connectivity index (χ4v) is 3.11. The molecule has 1 fully saturated rings. The van der Waals surface area contributed by atoms with E-state index in [4.69, 9.17) is 0 Å². The number of anilines is 1. The third kappa shape index (κ3) is 4.98. The lowest BCUT2D eigenvalue weighted by atomic mass is 9.96. The molecule has 1 amide bonds. The minimum Gasteiger partial charge on any atom is -0.366 e. The number of hydrogen-bond donors (Lipinski definition) is 1. The Morgan fingerprint density at radius 1 is 1.16 bits per heavy atom. The topological polar surface area (TPSA) is 71.0 Å². The number of carbonyl (C=O) groups excluding carboxylic acids is 1. The Morgan fingerprint density at radius 3 is 2.60 bits per heavy atom. The maximum absolute atomic E-state index is 12.5. The van der Waals surface area contributed by atoms with Crippen LogP contribution in [0.3, 0.4) is 0 Å². The van der Waals surface area contributed by atoms with E-state index in [9.17, 15) is 4.79 Å². The summed E-state index contributed by atoms with van der Waals surface area (Å²) in [4.78, 5) is 26.8. The summed E-state index contributed by atoms with van der Waals surface area (Å²) in [5, 5.41) is 3.42. The molecule has 2 heterocycles. The molecule has 6 heteroatoms. The quantitative estimate of drug-likeness (QED) is 0.876. The number of carbonyl (C=O) groups is 1. The van der Waals surface area contributed by atoms with Crippen molar-refractivity contribution in [1.82, 2.24) is 19.9 Å². The second-order valence-electron chi connectivity index (χ2n) is 6.60. The minimum absolute atomic E-state index is 0.106. The molecule has 6 nitrogen and oxygen atoms in total. The molecular formula is C19H25N5O. The van der Waals surface area contributed by atoms with Crippen molar-refractivity contribution in [2.75, 3.05) is 18.9 Å². The second kappa shape index (κ2) is 8.55. The van der Waals surface area contributed by atoms with Gasteiger partial charge in [-0.3, -0.25) is 9.78 Å². The van der Waals surface area contributed by atoms with Gasteiger partial charge in [-0.2, -0.15) is 0 Å². The van der Waals surface area contributed by atoms with Gasteiger partial charge in [0.1, 0.15) is 11.5 Å². The third-order valence-electron chi connectivity index (χ3n) is 4.66. The van der Waals surface area contributed by atoms with Gasteiger partial charge in [0.2, 0.25) is 0 Å². The van der Waals surface area contributed by atoms with E-state index in [0.29, 0.717) is 18.3 Å². The summed E-state index contributed by atoms with van der Waals surface area (Å²) in [6, 6.07) is 4.40. The van der Waals surface area contributed by atoms with Gasteiger partial charge in [0.15, 0.2) is 0 Å². The van der Waals surface area contributed by atoms with E-state index in [1.54, 1.807) is 36.7 Å². The van der Waals surface area contributed by atoms with Gasteiger partial charge in [-0.05, 0) is 37.0 Å². The van der Waals surface area contributed by atoms with Crippen LogP contribution in [-0.4, -0.2) is 45.4 Å². The van der Waals surface area contributed by atoms with Crippen molar-refractivity contribution in [2.45, 2.75) is 44.6 Å². The molecule has 25 heavy (non-hydrogen) atoms. The molecule has 0 saturated heterocycles. The first-order valence-corrected chi connectivity index (χ1v) is 8.95. The maximum Gasteiger partial charge on any atom is 0.273 e. The molecule has 1 aliphatic carbocycles. The number of likely N-dealkylation sites (N-methyl/N-ethyl adjacent to an activating group) is 1. The van der Waals surface area contributed by atoms with Crippen LogP contribution in [0.15, 0.2) is 36.9 Å². The summed E-state index contributed by atoms with van der Waals surface area (Å²) in [7, 11) is 1.79. The molecule has 0 bridgehead atoms. The van der Waals surface area contributed by atoms with E-state index in [-0.39, 0.29) is 5.91 Å². The van der Waals surface area contributed by atoms with Crippen LogP contribution in [0.4, 0.5) is 5.82 Å². The predicted octanol–water partition coefficient (Wildman–Crippen LogP) is 2.93. The number of rotatable bonds is 6. The van der Waals surface area contributed by atoms with E-state index < -0.39 is 0 Å². The van der Waals surface area contributed by atoms with Gasteiger partial charge in [-0.1, -0.05) is 19.3 Å². The maximum atomic E-state index is 12.5. The van der Waals surface area contributed by atoms with Crippen LogP contribution < -0.4 is 5.32 Å². The van der Waals surface area contributed by atoms with Crippen LogP contribution in [0.25, 0.3) is 0 Å². The Morgan fingerprint density at radius 2 is 1.92 bits per heavy atom. The van der Waals surface area contributed by atoms with Crippen LogP contribution in [0, 0.1) is 0 Å². The molecule has 1 N–H and O–H groups in total. The van der Waals surface area contributed by atoms with Crippen LogP contribution in [0.1, 0.15) is 48.2 Å². The molecule has 0 spiro atoms. The summed E-state index contributed by atoms with van der Waals surface area (Å²) in [5.41, 5.74) is 1.54. The summed E-state index contributed by atoms with van der Waals surface area (Å²) < 4.78 is 0. The highest BCUT2D eigenvalue weighted by molar-refractivity contribution is 5.91. The first-order chi connectivity index (χ1) is 12.2. The number of nitrogens with zero attached hydrogens (tertiary/aromatic N) is 4. The molecule has 1 saturated carbocycles. The Balaban J connectivity index is 1.52. The van der Waals surface area contributed by atoms with Crippen molar-refractivity contribution < 1.29 is 4.79 Å². The van der Waals surface area contributed by atoms with Gasteiger partial charge in [0.05, 0.1) is 12.4 Å². The van der Waals surface area contributed by atoms with Gasteiger partial charge in [0.25, 0.3) is 5.91 Å². The van der Waals surface area contributed by atoms with Crippen LogP contribution in [-0.2, 0) is 6.42 Å². The summed E-state index contributed by atoms with van der Waals surface area (Å²) in [5.74, 6) is 0.647. The summed E-state index contributed by atoms with van der Waals surface area (Å²) in [6.07, 6.45) is 13.8. The number of pyridine rings is 1. The Bertz CT molecular complexity index is 668. The molecule has 0 atom stereocenters. The Labute approximate surface area is 148 Å². The zero-order valence-corrected chi connectivity index (χ0v) is 14.7. The lowest BCUT2D eigenvalue weighted by Gasteiger charge is -2.23. The van der Waals surface area contributed by atoms with Crippen molar-refractivity contribution in [3.05, 3.63) is 48.2 Å². The molecule has 2 aromatic rings. The van der Waals surface area contributed by atoms with Crippen LogP contribution in [0.5, 0.6) is 0 Å². The average molecular weight is 339 g/mol. The standard InChI is InChI=1S/C19H25N5O/c1-24(12-9-15-7-10-20-11-8-15)19(25)17-13-22-18(14-21-17)23-16-5-3-2-4-6-16/h7-8,10-11,13-14,16H,2-6,9,12H2,1H3,(H,22,23). The van der Waals surface area contributed by atoms with E-state index in [1.807, 2.05) is 12.1 Å². The number of aromatic nitrogens is 3. The lowest BCUT2D eigenvalue weighted by molar-refractivity contribution is 0.0790. The monoisotopic (exact) mass is 339 g/mol. The fraction of sp³-hybridized carbons (Fsp3) is 0.474. The van der Waals surface area contributed by atoms with E-state index in [0.717, 1.165) is 17.8 Å². The van der Waals surface area contributed by atoms with Gasteiger partial charge in [-0.15, -0.1) is 0 Å². The Hall–Kier alpha value is -2.50. The largest absolute Gasteiger partial charge is 0.366 e. The number of nitrogens with one attached hydrogen (secondary N) is 1. The highest BCUT2D eigenvalue weighted by atomic mass is 16.2. The zero-order chi connectivity index (χ0) is 17.5. The highest BCUT2D eigenvalue weighted by Crippen LogP contribution is 2.20.